The third-order valence-electron chi connectivity index (χ3n) is 2.32. The van der Waals surface area contributed by atoms with E-state index in [1.807, 2.05) is 0 Å². The first-order chi connectivity index (χ1) is 5.88. The Labute approximate surface area is 84.1 Å². The smallest absolute Gasteiger partial charge is 1.00 e. The van der Waals surface area contributed by atoms with Crippen LogP contribution in [0.5, 0.6) is 0 Å². The van der Waals surface area contributed by atoms with Crippen LogP contribution in [-0.2, 0) is 21.3 Å². The van der Waals surface area contributed by atoms with Crippen molar-refractivity contribution < 1.29 is 24.1 Å². The van der Waals surface area contributed by atoms with Gasteiger partial charge in [-0.3, -0.25) is 0 Å². The normalized spacial score (nSPS) is 18.9. The fraction of sp³-hybridized carbons (Fsp3) is 0.182. The van der Waals surface area contributed by atoms with E-state index in [0.29, 0.717) is 0 Å². The summed E-state index contributed by atoms with van der Waals surface area (Å²) in [5.41, 5.74) is 0. The van der Waals surface area contributed by atoms with E-state index in [0.717, 1.165) is 0 Å². The second-order valence-corrected chi connectivity index (χ2v) is 8.64. The van der Waals surface area contributed by atoms with Gasteiger partial charge in [0.05, 0.1) is 0 Å². The molecule has 0 bridgehead atoms. The molecule has 0 amide bonds. The SMILES string of the molecule is [CH2]=[Zr+2]([C]1=CC=CC1)[C]1=CC=CC1.[H-].[H-]. The minimum absolute atomic E-state index is 0. The Hall–Kier alpha value is -0.287. The molecule has 0 radical (unpaired) electrons. The third kappa shape index (κ3) is 1.56. The predicted octanol–water partition coefficient (Wildman–Crippen LogP) is 2.95. The minimum atomic E-state index is -1.52. The molecular weight excluding hydrogens is 223 g/mol. The van der Waals surface area contributed by atoms with Crippen LogP contribution in [0.25, 0.3) is 0 Å². The molecule has 2 aliphatic carbocycles. The molecule has 0 nitrogen and oxygen atoms in total. The van der Waals surface area contributed by atoms with Crippen molar-refractivity contribution in [2.75, 3.05) is 0 Å². The summed E-state index contributed by atoms with van der Waals surface area (Å²) in [4.78, 5) is 0. The van der Waals surface area contributed by atoms with Gasteiger partial charge in [-0.15, -0.1) is 0 Å². The maximum atomic E-state index is 4.38. The van der Waals surface area contributed by atoms with Gasteiger partial charge >= 0.3 is 81.3 Å². The summed E-state index contributed by atoms with van der Waals surface area (Å²) in [6, 6.07) is 0. The largest absolute Gasteiger partial charge is 1.00 e. The van der Waals surface area contributed by atoms with Crippen LogP contribution in [0.4, 0.5) is 0 Å². The summed E-state index contributed by atoms with van der Waals surface area (Å²) < 4.78 is 7.67. The maximum Gasteiger partial charge on any atom is -1.00 e. The summed E-state index contributed by atoms with van der Waals surface area (Å²) >= 11 is -1.52. The Morgan fingerprint density at radius 2 is 1.58 bits per heavy atom. The fourth-order valence-corrected chi connectivity index (χ4v) is 5.81. The Morgan fingerprint density at radius 1 is 1.08 bits per heavy atom. The van der Waals surface area contributed by atoms with E-state index in [1.165, 1.54) is 12.8 Å². The van der Waals surface area contributed by atoms with Crippen molar-refractivity contribution in [3.8, 4) is 0 Å². The first kappa shape index (κ1) is 8.32. The minimum Gasteiger partial charge on any atom is -1.00 e. The second kappa shape index (κ2) is 3.62. The molecule has 0 heterocycles. The van der Waals surface area contributed by atoms with E-state index >= 15 is 0 Å². The zero-order chi connectivity index (χ0) is 8.39. The number of allylic oxidation sites excluding steroid dienone is 8. The molecule has 0 unspecified atom stereocenters. The van der Waals surface area contributed by atoms with Crippen LogP contribution in [0, 0.1) is 0 Å². The van der Waals surface area contributed by atoms with Crippen LogP contribution >= 0.6 is 0 Å². The van der Waals surface area contributed by atoms with Crippen molar-refractivity contribution in [3.63, 3.8) is 0 Å². The molecule has 0 spiro atoms. The van der Waals surface area contributed by atoms with Crippen LogP contribution < -0.4 is 0 Å². The van der Waals surface area contributed by atoms with E-state index in [1.54, 1.807) is 6.56 Å². The molecule has 0 aromatic heterocycles. The Balaban J connectivity index is 0.000000845. The summed E-state index contributed by atoms with van der Waals surface area (Å²) in [7, 11) is 0. The molecule has 12 heavy (non-hydrogen) atoms. The van der Waals surface area contributed by atoms with Gasteiger partial charge in [0.25, 0.3) is 0 Å². The molecular formula is C11H14Zr. The second-order valence-electron chi connectivity index (χ2n) is 3.13. The monoisotopic (exact) mass is 236 g/mol. The zero-order valence-electron chi connectivity index (χ0n) is 9.09. The number of hydrogen-bond acceptors (Lipinski definition) is 0. The zero-order valence-corrected chi connectivity index (χ0v) is 9.54. The van der Waals surface area contributed by atoms with Gasteiger partial charge in [0.15, 0.2) is 0 Å². The fourth-order valence-electron chi connectivity index (χ4n) is 1.55. The standard InChI is InChI=1S/2C5H5.CH2.Zr.2H/c2*1-2-4-5-3-1;;;;/h2*1-3H,4H2;1H2;;;/q;;;+2;2*-1. The molecule has 0 saturated heterocycles. The van der Waals surface area contributed by atoms with E-state index < -0.39 is 21.3 Å². The summed E-state index contributed by atoms with van der Waals surface area (Å²) in [6.45, 7) is 0. The molecule has 0 saturated carbocycles. The molecule has 2 rings (SSSR count). The van der Waals surface area contributed by atoms with Crippen molar-refractivity contribution in [1.82, 2.24) is 0 Å². The summed E-state index contributed by atoms with van der Waals surface area (Å²) in [6.07, 6.45) is 15.7. The van der Waals surface area contributed by atoms with E-state index in [2.05, 4.69) is 40.7 Å². The average Bonchev–Trinajstić information content (AvgIpc) is 2.77. The van der Waals surface area contributed by atoms with Gasteiger partial charge in [0.1, 0.15) is 0 Å². The molecule has 0 fully saturated rings. The number of rotatable bonds is 2. The maximum absolute atomic E-state index is 4.38. The van der Waals surface area contributed by atoms with E-state index in [4.69, 9.17) is 0 Å². The first-order valence-corrected chi connectivity index (χ1v) is 8.48. The van der Waals surface area contributed by atoms with Crippen LogP contribution in [-0.4, -0.2) is 4.21 Å². The summed E-state index contributed by atoms with van der Waals surface area (Å²) in [5.74, 6) is 0. The van der Waals surface area contributed by atoms with Gasteiger partial charge in [-0.2, -0.15) is 0 Å². The van der Waals surface area contributed by atoms with Crippen molar-refractivity contribution in [1.29, 1.82) is 0 Å². The van der Waals surface area contributed by atoms with E-state index in [9.17, 15) is 0 Å². The van der Waals surface area contributed by atoms with Crippen LogP contribution in [0.1, 0.15) is 15.7 Å². The topological polar surface area (TPSA) is 0 Å². The first-order valence-electron chi connectivity index (χ1n) is 4.29. The van der Waals surface area contributed by atoms with Crippen molar-refractivity contribution in [3.05, 3.63) is 43.0 Å². The number of hydrogen-bond donors (Lipinski definition) is 0. The molecule has 62 valence electrons. The quantitative estimate of drug-likeness (QED) is 0.693. The average molecular weight is 237 g/mol. The molecule has 0 aromatic rings. The van der Waals surface area contributed by atoms with Gasteiger partial charge < -0.3 is 2.85 Å². The predicted molar refractivity (Wildman–Crippen MR) is 53.0 cm³/mol. The van der Waals surface area contributed by atoms with Crippen LogP contribution in [0.15, 0.2) is 43.0 Å². The van der Waals surface area contributed by atoms with Gasteiger partial charge in [-0.05, 0) is 0 Å². The summed E-state index contributed by atoms with van der Waals surface area (Å²) in [5, 5.41) is 0. The third-order valence-corrected chi connectivity index (χ3v) is 7.95. The van der Waals surface area contributed by atoms with Crippen LogP contribution in [0.3, 0.4) is 0 Å². The van der Waals surface area contributed by atoms with Gasteiger partial charge in [-0.1, -0.05) is 0 Å². The van der Waals surface area contributed by atoms with Crippen molar-refractivity contribution >= 4 is 4.21 Å². The molecule has 0 aliphatic heterocycles. The molecule has 2 aliphatic rings. The van der Waals surface area contributed by atoms with E-state index in [-0.39, 0.29) is 2.85 Å². The molecule has 0 atom stereocenters. The van der Waals surface area contributed by atoms with Gasteiger partial charge in [0.2, 0.25) is 0 Å². The van der Waals surface area contributed by atoms with Crippen LogP contribution in [0.2, 0.25) is 0 Å². The van der Waals surface area contributed by atoms with Crippen molar-refractivity contribution in [2.45, 2.75) is 12.8 Å². The van der Waals surface area contributed by atoms with Gasteiger partial charge in [-0.25, -0.2) is 0 Å². The Kier molecular flexibility index (Phi) is 2.51. The van der Waals surface area contributed by atoms with Gasteiger partial charge in [0, 0.05) is 0 Å². The Bertz CT molecular complexity index is 303. The molecule has 1 heteroatoms. The Morgan fingerprint density at radius 3 is 1.92 bits per heavy atom. The van der Waals surface area contributed by atoms with Crippen molar-refractivity contribution in [2.24, 2.45) is 0 Å². The molecule has 0 aromatic carbocycles. The molecule has 0 N–H and O–H groups in total.